The number of Topliss-reactive ketones (excluding diaryl/α,β-unsaturated/α-hetero) is 1. The molecule has 0 N–H and O–H groups in total. The highest BCUT2D eigenvalue weighted by molar-refractivity contribution is 8.04. The molecule has 0 radical (unpaired) electrons. The number of rotatable bonds is 3. The van der Waals surface area contributed by atoms with Gasteiger partial charge in [-0.1, -0.05) is 71.4 Å². The lowest BCUT2D eigenvalue weighted by Crippen LogP contribution is -1.98. The molecule has 5 rings (SSSR count). The third-order valence-electron chi connectivity index (χ3n) is 5.04. The summed E-state index contributed by atoms with van der Waals surface area (Å²) in [5.74, 6) is 0.0863. The molecule has 0 spiro atoms. The molecule has 1 aliphatic rings. The van der Waals surface area contributed by atoms with Gasteiger partial charge in [-0.25, -0.2) is 0 Å². The van der Waals surface area contributed by atoms with Gasteiger partial charge in [-0.15, -0.1) is 0 Å². The molecular weight excluding hydrogens is 421 g/mol. The minimum atomic E-state index is 0.0863. The quantitative estimate of drug-likeness (QED) is 0.314. The van der Waals surface area contributed by atoms with E-state index in [0.717, 1.165) is 37.4 Å². The van der Waals surface area contributed by atoms with Crippen LogP contribution in [0, 0.1) is 0 Å². The Kier molecular flexibility index (Phi) is 4.75. The fourth-order valence-corrected chi connectivity index (χ4v) is 5.14. The van der Waals surface area contributed by atoms with Crippen LogP contribution in [0.3, 0.4) is 0 Å². The topological polar surface area (TPSA) is 22.0 Å². The third-order valence-corrected chi connectivity index (χ3v) is 6.72. The van der Waals surface area contributed by atoms with Crippen LogP contribution in [0.25, 0.3) is 17.0 Å². The van der Waals surface area contributed by atoms with Crippen molar-refractivity contribution < 1.29 is 4.79 Å². The van der Waals surface area contributed by atoms with E-state index in [1.165, 1.54) is 11.8 Å². The zero-order valence-corrected chi connectivity index (χ0v) is 17.6. The van der Waals surface area contributed by atoms with Crippen LogP contribution in [0.1, 0.15) is 21.5 Å². The molecule has 0 atom stereocenters. The van der Waals surface area contributed by atoms with Crippen molar-refractivity contribution in [2.75, 3.05) is 0 Å². The lowest BCUT2D eigenvalue weighted by molar-refractivity contribution is 0.104. The highest BCUT2D eigenvalue weighted by Gasteiger charge is 2.25. The van der Waals surface area contributed by atoms with E-state index in [0.29, 0.717) is 16.6 Å². The van der Waals surface area contributed by atoms with Crippen molar-refractivity contribution in [3.05, 3.63) is 105 Å². The normalized spacial score (nSPS) is 14.7. The van der Waals surface area contributed by atoms with Gasteiger partial charge >= 0.3 is 0 Å². The van der Waals surface area contributed by atoms with Gasteiger partial charge in [-0.2, -0.15) is 0 Å². The monoisotopic (exact) mass is 435 g/mol. The zero-order chi connectivity index (χ0) is 20.0. The number of hydrogen-bond donors (Lipinski definition) is 0. The molecule has 2 nitrogen and oxygen atoms in total. The summed E-state index contributed by atoms with van der Waals surface area (Å²) in [6.45, 7) is 0.626. The minimum absolute atomic E-state index is 0.0863. The van der Waals surface area contributed by atoms with Crippen molar-refractivity contribution in [3.63, 3.8) is 0 Å². The van der Waals surface area contributed by atoms with Gasteiger partial charge in [-0.05, 0) is 42.0 Å². The number of carbonyl (C=O) groups excluding carboxylic acids is 1. The van der Waals surface area contributed by atoms with E-state index < -0.39 is 0 Å². The van der Waals surface area contributed by atoms with E-state index >= 15 is 0 Å². The van der Waals surface area contributed by atoms with E-state index in [9.17, 15) is 4.79 Å². The van der Waals surface area contributed by atoms with Crippen LogP contribution in [0.4, 0.5) is 0 Å². The molecule has 0 saturated heterocycles. The number of aromatic nitrogens is 1. The summed E-state index contributed by atoms with van der Waals surface area (Å²) < 4.78 is 2.16. The summed E-state index contributed by atoms with van der Waals surface area (Å²) in [4.78, 5) is 14.5. The summed E-state index contributed by atoms with van der Waals surface area (Å²) in [6.07, 6.45) is 4.08. The SMILES string of the molecule is O=C1/C(=C\c2cn(Cc3ccc(Cl)cc3Cl)c3ccccc23)Sc2ccccc21. The second-order valence-corrected chi connectivity index (χ2v) is 8.83. The smallest absolute Gasteiger partial charge is 0.200 e. The second kappa shape index (κ2) is 7.42. The Morgan fingerprint density at radius 3 is 2.59 bits per heavy atom. The third kappa shape index (κ3) is 3.40. The maximum atomic E-state index is 12.8. The van der Waals surface area contributed by atoms with E-state index in [1.807, 2.05) is 54.6 Å². The Bertz CT molecular complexity index is 1310. The fraction of sp³-hybridized carbons (Fsp3) is 0.0417. The molecular formula is C24H15Cl2NOS. The highest BCUT2D eigenvalue weighted by Crippen LogP contribution is 2.41. The average molecular weight is 436 g/mol. The first-order chi connectivity index (χ1) is 14.1. The van der Waals surface area contributed by atoms with Gasteiger partial charge in [0.2, 0.25) is 5.78 Å². The Balaban J connectivity index is 1.57. The number of fused-ring (bicyclic) bond motifs is 2. The van der Waals surface area contributed by atoms with Crippen LogP contribution < -0.4 is 0 Å². The summed E-state index contributed by atoms with van der Waals surface area (Å²) in [6, 6.07) is 21.5. The first kappa shape index (κ1) is 18.6. The Morgan fingerprint density at radius 1 is 0.966 bits per heavy atom. The van der Waals surface area contributed by atoms with Gasteiger partial charge in [0, 0.05) is 49.7 Å². The summed E-state index contributed by atoms with van der Waals surface area (Å²) in [5.41, 5.74) is 3.89. The summed E-state index contributed by atoms with van der Waals surface area (Å²) in [5, 5.41) is 2.37. The number of carbonyl (C=O) groups is 1. The largest absolute Gasteiger partial charge is 0.342 e. The number of ketones is 1. The van der Waals surface area contributed by atoms with Crippen molar-refractivity contribution >= 4 is 57.7 Å². The van der Waals surface area contributed by atoms with Gasteiger partial charge in [0.1, 0.15) is 0 Å². The average Bonchev–Trinajstić information content (AvgIpc) is 3.23. The molecule has 0 saturated carbocycles. The van der Waals surface area contributed by atoms with Gasteiger partial charge < -0.3 is 4.57 Å². The molecule has 0 unspecified atom stereocenters. The van der Waals surface area contributed by atoms with Gasteiger partial charge in [0.05, 0.1) is 4.91 Å². The first-order valence-corrected chi connectivity index (χ1v) is 10.7. The predicted molar refractivity (Wildman–Crippen MR) is 122 cm³/mol. The number of halogens is 2. The molecule has 4 aromatic rings. The van der Waals surface area contributed by atoms with Crippen LogP contribution in [0.15, 0.2) is 82.7 Å². The minimum Gasteiger partial charge on any atom is -0.342 e. The molecule has 0 bridgehead atoms. The standard InChI is InChI=1S/C24H15Cl2NOS/c25-17-10-9-15(20(26)12-17)13-27-14-16(18-5-1-3-7-21(18)27)11-23-24(28)19-6-2-4-8-22(19)29-23/h1-12,14H,13H2/b23-11+. The van der Waals surface area contributed by atoms with E-state index in [2.05, 4.69) is 22.9 Å². The zero-order valence-electron chi connectivity index (χ0n) is 15.2. The predicted octanol–water partition coefficient (Wildman–Crippen LogP) is 7.33. The molecule has 3 aromatic carbocycles. The summed E-state index contributed by atoms with van der Waals surface area (Å²) >= 11 is 14.0. The summed E-state index contributed by atoms with van der Waals surface area (Å²) in [7, 11) is 0. The molecule has 1 aromatic heterocycles. The second-order valence-electron chi connectivity index (χ2n) is 6.90. The van der Waals surface area contributed by atoms with Crippen molar-refractivity contribution in [1.82, 2.24) is 4.57 Å². The van der Waals surface area contributed by atoms with E-state index in [4.69, 9.17) is 23.2 Å². The van der Waals surface area contributed by atoms with E-state index in [-0.39, 0.29) is 5.78 Å². The number of thioether (sulfide) groups is 1. The first-order valence-electron chi connectivity index (χ1n) is 9.15. The van der Waals surface area contributed by atoms with Gasteiger partial charge in [0.25, 0.3) is 0 Å². The lowest BCUT2D eigenvalue weighted by atomic mass is 10.1. The number of hydrogen-bond acceptors (Lipinski definition) is 2. The van der Waals surface area contributed by atoms with Crippen LogP contribution in [-0.2, 0) is 6.54 Å². The molecule has 0 aliphatic carbocycles. The molecule has 1 aliphatic heterocycles. The van der Waals surface area contributed by atoms with Gasteiger partial charge in [0.15, 0.2) is 0 Å². The number of nitrogens with zero attached hydrogens (tertiary/aromatic N) is 1. The Hall–Kier alpha value is -2.46. The molecule has 0 fully saturated rings. The number of allylic oxidation sites excluding steroid dienone is 1. The van der Waals surface area contributed by atoms with Gasteiger partial charge in [-0.3, -0.25) is 4.79 Å². The maximum absolute atomic E-state index is 12.8. The molecule has 2 heterocycles. The van der Waals surface area contributed by atoms with Crippen molar-refractivity contribution in [2.24, 2.45) is 0 Å². The van der Waals surface area contributed by atoms with Crippen LogP contribution in [0.5, 0.6) is 0 Å². The molecule has 0 amide bonds. The fourth-order valence-electron chi connectivity index (χ4n) is 3.63. The van der Waals surface area contributed by atoms with Crippen LogP contribution in [-0.4, -0.2) is 10.4 Å². The van der Waals surface area contributed by atoms with Crippen molar-refractivity contribution in [2.45, 2.75) is 11.4 Å². The lowest BCUT2D eigenvalue weighted by Gasteiger charge is -2.08. The Labute approximate surface area is 182 Å². The molecule has 29 heavy (non-hydrogen) atoms. The van der Waals surface area contributed by atoms with E-state index in [1.54, 1.807) is 6.07 Å². The van der Waals surface area contributed by atoms with Crippen molar-refractivity contribution in [1.29, 1.82) is 0 Å². The molecule has 142 valence electrons. The molecule has 5 heteroatoms. The maximum Gasteiger partial charge on any atom is 0.200 e. The van der Waals surface area contributed by atoms with Crippen LogP contribution >= 0.6 is 35.0 Å². The number of benzene rings is 3. The van der Waals surface area contributed by atoms with Crippen molar-refractivity contribution in [3.8, 4) is 0 Å². The highest BCUT2D eigenvalue weighted by atomic mass is 35.5. The van der Waals surface area contributed by atoms with Crippen LogP contribution in [0.2, 0.25) is 10.0 Å². The Morgan fingerprint density at radius 2 is 1.76 bits per heavy atom. The number of para-hydroxylation sites is 1.